The van der Waals surface area contributed by atoms with Gasteiger partial charge in [0.1, 0.15) is 11.6 Å². The zero-order valence-corrected chi connectivity index (χ0v) is 16.3. The van der Waals surface area contributed by atoms with Gasteiger partial charge < -0.3 is 4.57 Å². The van der Waals surface area contributed by atoms with Gasteiger partial charge in [-0.25, -0.2) is 0 Å². The lowest BCUT2D eigenvalue weighted by Gasteiger charge is -2.19. The Morgan fingerprint density at radius 2 is 1.66 bits per heavy atom. The SMILES string of the molecule is c1ccc(Cc2nnc3n2CCN(Cc2cn[nH]c2-c2ccccc2)CC3)cc1. The molecule has 0 fully saturated rings. The summed E-state index contributed by atoms with van der Waals surface area (Å²) in [6.45, 7) is 3.76. The number of fused-ring (bicyclic) bond motifs is 1. The van der Waals surface area contributed by atoms with Gasteiger partial charge in [-0.1, -0.05) is 60.7 Å². The maximum atomic E-state index is 4.48. The maximum absolute atomic E-state index is 4.48. The third-order valence-corrected chi connectivity index (χ3v) is 5.57. The molecule has 0 atom stereocenters. The Kier molecular flexibility index (Phi) is 4.92. The molecule has 2 aromatic heterocycles. The van der Waals surface area contributed by atoms with Crippen LogP contribution in [0.15, 0.2) is 66.9 Å². The molecule has 0 aliphatic carbocycles. The van der Waals surface area contributed by atoms with Crippen LogP contribution in [-0.2, 0) is 25.9 Å². The quantitative estimate of drug-likeness (QED) is 0.573. The van der Waals surface area contributed by atoms with E-state index in [0.717, 1.165) is 56.4 Å². The van der Waals surface area contributed by atoms with Gasteiger partial charge in [0, 0.05) is 44.6 Å². The molecule has 146 valence electrons. The van der Waals surface area contributed by atoms with E-state index in [0.29, 0.717) is 0 Å². The largest absolute Gasteiger partial charge is 0.313 e. The minimum atomic E-state index is 0.827. The van der Waals surface area contributed by atoms with Crippen molar-refractivity contribution in [1.29, 1.82) is 0 Å². The summed E-state index contributed by atoms with van der Waals surface area (Å²) in [6, 6.07) is 20.9. The van der Waals surface area contributed by atoms with Gasteiger partial charge in [-0.05, 0) is 11.1 Å². The van der Waals surface area contributed by atoms with E-state index in [-0.39, 0.29) is 0 Å². The van der Waals surface area contributed by atoms with Crippen LogP contribution in [0.5, 0.6) is 0 Å². The van der Waals surface area contributed by atoms with Crippen LogP contribution in [0.4, 0.5) is 0 Å². The predicted octanol–water partition coefficient (Wildman–Crippen LogP) is 3.32. The van der Waals surface area contributed by atoms with Gasteiger partial charge in [-0.2, -0.15) is 5.10 Å². The summed E-state index contributed by atoms with van der Waals surface area (Å²) in [5, 5.41) is 16.4. The van der Waals surface area contributed by atoms with E-state index in [1.165, 1.54) is 16.7 Å². The van der Waals surface area contributed by atoms with E-state index >= 15 is 0 Å². The first-order valence-electron chi connectivity index (χ1n) is 10.1. The summed E-state index contributed by atoms with van der Waals surface area (Å²) in [6.07, 6.45) is 3.70. The summed E-state index contributed by atoms with van der Waals surface area (Å²) in [5.74, 6) is 2.15. The van der Waals surface area contributed by atoms with Crippen LogP contribution >= 0.6 is 0 Å². The van der Waals surface area contributed by atoms with Crippen molar-refractivity contribution in [2.45, 2.75) is 25.9 Å². The van der Waals surface area contributed by atoms with Crippen LogP contribution in [0.25, 0.3) is 11.3 Å². The van der Waals surface area contributed by atoms with E-state index in [1.54, 1.807) is 0 Å². The van der Waals surface area contributed by atoms with E-state index in [4.69, 9.17) is 0 Å². The van der Waals surface area contributed by atoms with Crippen molar-refractivity contribution in [3.63, 3.8) is 0 Å². The van der Waals surface area contributed by atoms with Crippen molar-refractivity contribution in [3.8, 4) is 11.3 Å². The second-order valence-corrected chi connectivity index (χ2v) is 7.51. The van der Waals surface area contributed by atoms with Gasteiger partial charge in [0.2, 0.25) is 0 Å². The molecular formula is C23H24N6. The zero-order valence-electron chi connectivity index (χ0n) is 16.3. The van der Waals surface area contributed by atoms with Crippen LogP contribution in [-0.4, -0.2) is 43.0 Å². The standard InChI is InChI=1S/C23H24N6/c1-3-7-18(8-4-1)15-22-26-25-21-11-12-28(13-14-29(21)22)17-20-16-24-27-23(20)19-9-5-2-6-10-19/h1-10,16H,11-15,17H2,(H,24,27). The van der Waals surface area contributed by atoms with Crippen LogP contribution in [0.2, 0.25) is 0 Å². The molecule has 0 saturated heterocycles. The number of hydrogen-bond donors (Lipinski definition) is 1. The van der Waals surface area contributed by atoms with Crippen molar-refractivity contribution >= 4 is 0 Å². The number of benzene rings is 2. The molecule has 1 aliphatic rings. The van der Waals surface area contributed by atoms with E-state index in [1.807, 2.05) is 18.3 Å². The summed E-state index contributed by atoms with van der Waals surface area (Å²) in [7, 11) is 0. The van der Waals surface area contributed by atoms with Crippen LogP contribution in [0, 0.1) is 0 Å². The minimum absolute atomic E-state index is 0.827. The third kappa shape index (κ3) is 3.84. The fraction of sp³-hybridized carbons (Fsp3) is 0.261. The van der Waals surface area contributed by atoms with Gasteiger partial charge in [0.15, 0.2) is 0 Å². The second-order valence-electron chi connectivity index (χ2n) is 7.51. The fourth-order valence-electron chi connectivity index (χ4n) is 4.02. The molecular weight excluding hydrogens is 360 g/mol. The number of rotatable bonds is 5. The average molecular weight is 384 g/mol. The lowest BCUT2D eigenvalue weighted by molar-refractivity contribution is 0.271. The molecule has 0 spiro atoms. The first-order valence-corrected chi connectivity index (χ1v) is 10.1. The predicted molar refractivity (Wildman–Crippen MR) is 112 cm³/mol. The summed E-state index contributed by atoms with van der Waals surface area (Å²) < 4.78 is 2.31. The Labute approximate surface area is 170 Å². The molecule has 29 heavy (non-hydrogen) atoms. The molecule has 1 aliphatic heterocycles. The summed E-state index contributed by atoms with van der Waals surface area (Å²) >= 11 is 0. The second kappa shape index (κ2) is 8.01. The van der Waals surface area contributed by atoms with Crippen molar-refractivity contribution in [2.24, 2.45) is 0 Å². The number of aromatic nitrogens is 5. The molecule has 0 saturated carbocycles. The summed E-state index contributed by atoms with van der Waals surface area (Å²) in [4.78, 5) is 2.48. The maximum Gasteiger partial charge on any atom is 0.137 e. The Bertz CT molecular complexity index is 1070. The molecule has 0 unspecified atom stereocenters. The Morgan fingerprint density at radius 1 is 0.862 bits per heavy atom. The highest BCUT2D eigenvalue weighted by molar-refractivity contribution is 5.62. The van der Waals surface area contributed by atoms with E-state index < -0.39 is 0 Å². The fourth-order valence-corrected chi connectivity index (χ4v) is 4.02. The molecule has 0 bridgehead atoms. The molecule has 5 rings (SSSR count). The third-order valence-electron chi connectivity index (χ3n) is 5.57. The Morgan fingerprint density at radius 3 is 2.48 bits per heavy atom. The first-order chi connectivity index (χ1) is 14.4. The van der Waals surface area contributed by atoms with Gasteiger partial charge in [0.25, 0.3) is 0 Å². The van der Waals surface area contributed by atoms with Gasteiger partial charge in [0.05, 0.1) is 11.9 Å². The topological polar surface area (TPSA) is 62.6 Å². The van der Waals surface area contributed by atoms with Crippen molar-refractivity contribution in [1.82, 2.24) is 29.9 Å². The molecule has 6 nitrogen and oxygen atoms in total. The smallest absolute Gasteiger partial charge is 0.137 e. The molecule has 0 amide bonds. The van der Waals surface area contributed by atoms with Crippen molar-refractivity contribution in [2.75, 3.05) is 13.1 Å². The normalized spacial score (nSPS) is 14.5. The Balaban J connectivity index is 1.29. The molecule has 6 heteroatoms. The minimum Gasteiger partial charge on any atom is -0.313 e. The lowest BCUT2D eigenvalue weighted by Crippen LogP contribution is -2.26. The molecule has 1 N–H and O–H groups in total. The summed E-state index contributed by atoms with van der Waals surface area (Å²) in [5.41, 5.74) is 4.80. The van der Waals surface area contributed by atoms with Crippen LogP contribution < -0.4 is 0 Å². The number of aromatic amines is 1. The average Bonchev–Trinajstić information content (AvgIpc) is 3.32. The highest BCUT2D eigenvalue weighted by Crippen LogP contribution is 2.23. The number of nitrogens with one attached hydrogen (secondary N) is 1. The molecule has 2 aromatic carbocycles. The van der Waals surface area contributed by atoms with Gasteiger partial charge >= 0.3 is 0 Å². The number of nitrogens with zero attached hydrogens (tertiary/aromatic N) is 5. The molecule has 4 aromatic rings. The van der Waals surface area contributed by atoms with Crippen LogP contribution in [0.1, 0.15) is 22.8 Å². The van der Waals surface area contributed by atoms with E-state index in [9.17, 15) is 0 Å². The highest BCUT2D eigenvalue weighted by atomic mass is 15.3. The molecule has 3 heterocycles. The van der Waals surface area contributed by atoms with E-state index in [2.05, 4.69) is 78.4 Å². The number of hydrogen-bond acceptors (Lipinski definition) is 4. The van der Waals surface area contributed by atoms with Crippen LogP contribution in [0.3, 0.4) is 0 Å². The lowest BCUT2D eigenvalue weighted by atomic mass is 10.1. The van der Waals surface area contributed by atoms with Crippen molar-refractivity contribution < 1.29 is 0 Å². The Hall–Kier alpha value is -3.25. The highest BCUT2D eigenvalue weighted by Gasteiger charge is 2.20. The number of H-pyrrole nitrogens is 1. The monoisotopic (exact) mass is 384 g/mol. The van der Waals surface area contributed by atoms with Gasteiger partial charge in [-0.15, -0.1) is 10.2 Å². The zero-order chi connectivity index (χ0) is 19.5. The molecule has 0 radical (unpaired) electrons. The first kappa shape index (κ1) is 17.8. The van der Waals surface area contributed by atoms with Crippen molar-refractivity contribution in [3.05, 3.63) is 89.6 Å². The van der Waals surface area contributed by atoms with Gasteiger partial charge in [-0.3, -0.25) is 10.00 Å².